The molecule has 1 N–H and O–H groups in total. The van der Waals surface area contributed by atoms with Gasteiger partial charge in [-0.3, -0.25) is 4.79 Å². The molecule has 0 saturated carbocycles. The minimum atomic E-state index is -0.0885. The normalized spacial score (nSPS) is 10.2. The topological polar surface area (TPSA) is 29.1 Å². The molecule has 22 heavy (non-hydrogen) atoms. The molecule has 0 fully saturated rings. The predicted octanol–water partition coefficient (Wildman–Crippen LogP) is 5.53. The molecule has 114 valence electrons. The Bertz CT molecular complexity index is 631. The molecular formula is C20H23NO. The molecule has 0 saturated heterocycles. The summed E-state index contributed by atoms with van der Waals surface area (Å²) in [6.07, 6.45) is 4.50. The lowest BCUT2D eigenvalue weighted by molar-refractivity contribution is 0.102. The van der Waals surface area contributed by atoms with E-state index in [9.17, 15) is 4.79 Å². The zero-order chi connectivity index (χ0) is 15.8. The van der Waals surface area contributed by atoms with Crippen LogP contribution in [0.3, 0.4) is 0 Å². The van der Waals surface area contributed by atoms with Gasteiger partial charge < -0.3 is 5.32 Å². The molecule has 2 aromatic rings. The van der Waals surface area contributed by atoms with Gasteiger partial charge in [-0.25, -0.2) is 0 Å². The number of carbonyl (C=O) groups is 1. The molecule has 0 spiro atoms. The summed E-state index contributed by atoms with van der Waals surface area (Å²) in [6, 6.07) is 17.1. The molecule has 0 heterocycles. The molecule has 2 nitrogen and oxygen atoms in total. The summed E-state index contributed by atoms with van der Waals surface area (Å²) in [5, 5.41) is 3.00. The Morgan fingerprint density at radius 3 is 2.41 bits per heavy atom. The third-order valence-corrected chi connectivity index (χ3v) is 3.67. The lowest BCUT2D eigenvalue weighted by atomic mass is 9.99. The molecular weight excluding hydrogens is 270 g/mol. The Labute approximate surface area is 132 Å². The average Bonchev–Trinajstić information content (AvgIpc) is 2.56. The summed E-state index contributed by atoms with van der Waals surface area (Å²) >= 11 is 0. The third-order valence-electron chi connectivity index (χ3n) is 3.67. The maximum absolute atomic E-state index is 12.3. The Hall–Kier alpha value is -2.35. The first-order valence-electron chi connectivity index (χ1n) is 7.86. The van der Waals surface area contributed by atoms with Crippen LogP contribution in [0.2, 0.25) is 0 Å². The number of amides is 1. The van der Waals surface area contributed by atoms with Crippen LogP contribution in [0.15, 0.2) is 61.2 Å². The van der Waals surface area contributed by atoms with Gasteiger partial charge in [0, 0.05) is 16.8 Å². The second-order valence-corrected chi connectivity index (χ2v) is 5.43. The summed E-state index contributed by atoms with van der Waals surface area (Å²) in [4.78, 5) is 12.3. The molecule has 0 unspecified atom stereocenters. The highest BCUT2D eigenvalue weighted by atomic mass is 16.1. The van der Waals surface area contributed by atoms with E-state index in [-0.39, 0.29) is 5.91 Å². The first-order chi connectivity index (χ1) is 10.7. The quantitative estimate of drug-likeness (QED) is 0.668. The summed E-state index contributed by atoms with van der Waals surface area (Å²) in [5.74, 6) is -0.0885. The van der Waals surface area contributed by atoms with Crippen LogP contribution in [0.4, 0.5) is 5.69 Å². The second-order valence-electron chi connectivity index (χ2n) is 5.43. The Morgan fingerprint density at radius 2 is 1.68 bits per heavy atom. The van der Waals surface area contributed by atoms with E-state index >= 15 is 0 Å². The number of rotatable bonds is 7. The minimum absolute atomic E-state index is 0.0885. The molecule has 0 bridgehead atoms. The molecule has 0 radical (unpaired) electrons. The molecule has 0 aromatic heterocycles. The van der Waals surface area contributed by atoms with Crippen molar-refractivity contribution in [3.05, 3.63) is 72.3 Å². The van der Waals surface area contributed by atoms with Gasteiger partial charge in [0.1, 0.15) is 0 Å². The smallest absolute Gasteiger partial charge is 0.255 e. The van der Waals surface area contributed by atoms with E-state index in [1.807, 2.05) is 54.6 Å². The van der Waals surface area contributed by atoms with E-state index in [1.54, 1.807) is 0 Å². The van der Waals surface area contributed by atoms with Crippen LogP contribution in [-0.2, 0) is 0 Å². The SMILES string of the molecule is C=C(CCCCC)c1ccccc1NC(=O)c1ccccc1. The maximum Gasteiger partial charge on any atom is 0.255 e. The first kappa shape index (κ1) is 16.0. The lowest BCUT2D eigenvalue weighted by Gasteiger charge is -2.13. The molecule has 2 heteroatoms. The van der Waals surface area contributed by atoms with Gasteiger partial charge >= 0.3 is 0 Å². The van der Waals surface area contributed by atoms with Gasteiger partial charge in [0.2, 0.25) is 0 Å². The number of unbranched alkanes of at least 4 members (excludes halogenated alkanes) is 2. The fraction of sp³-hybridized carbons (Fsp3) is 0.250. The monoisotopic (exact) mass is 293 g/mol. The van der Waals surface area contributed by atoms with E-state index in [1.165, 1.54) is 12.8 Å². The molecule has 1 amide bonds. The largest absolute Gasteiger partial charge is 0.321 e. The van der Waals surface area contributed by atoms with Crippen molar-refractivity contribution >= 4 is 17.2 Å². The van der Waals surface area contributed by atoms with Crippen molar-refractivity contribution in [2.75, 3.05) is 5.32 Å². The van der Waals surface area contributed by atoms with Gasteiger partial charge in [-0.15, -0.1) is 0 Å². The number of hydrogen-bond acceptors (Lipinski definition) is 1. The van der Waals surface area contributed by atoms with Crippen molar-refractivity contribution < 1.29 is 4.79 Å². The van der Waals surface area contributed by atoms with Crippen molar-refractivity contribution in [1.29, 1.82) is 0 Å². The molecule has 0 atom stereocenters. The average molecular weight is 293 g/mol. The van der Waals surface area contributed by atoms with Crippen molar-refractivity contribution in [1.82, 2.24) is 0 Å². The zero-order valence-corrected chi connectivity index (χ0v) is 13.1. The van der Waals surface area contributed by atoms with Crippen molar-refractivity contribution in [3.63, 3.8) is 0 Å². The summed E-state index contributed by atoms with van der Waals surface area (Å²) in [5.41, 5.74) is 3.60. The van der Waals surface area contributed by atoms with Crippen LogP contribution in [0.25, 0.3) is 5.57 Å². The standard InChI is InChI=1S/C20H23NO/c1-3-4-6-11-16(2)18-14-9-10-15-19(18)21-20(22)17-12-7-5-8-13-17/h5,7-10,12-15H,2-4,6,11H2,1H3,(H,21,22). The lowest BCUT2D eigenvalue weighted by Crippen LogP contribution is -2.12. The zero-order valence-electron chi connectivity index (χ0n) is 13.1. The van der Waals surface area contributed by atoms with Crippen LogP contribution in [-0.4, -0.2) is 5.91 Å². The number of hydrogen-bond donors (Lipinski definition) is 1. The van der Waals surface area contributed by atoms with Gasteiger partial charge in [0.15, 0.2) is 0 Å². The van der Waals surface area contributed by atoms with Crippen molar-refractivity contribution in [2.45, 2.75) is 32.6 Å². The molecule has 2 aromatic carbocycles. The highest BCUT2D eigenvalue weighted by molar-refractivity contribution is 6.05. The minimum Gasteiger partial charge on any atom is -0.321 e. The Morgan fingerprint density at radius 1 is 1.00 bits per heavy atom. The first-order valence-corrected chi connectivity index (χ1v) is 7.86. The van der Waals surface area contributed by atoms with Crippen LogP contribution in [0.5, 0.6) is 0 Å². The van der Waals surface area contributed by atoms with Gasteiger partial charge in [0.05, 0.1) is 0 Å². The summed E-state index contributed by atoms with van der Waals surface area (Å²) < 4.78 is 0. The third kappa shape index (κ3) is 4.32. The molecule has 0 aliphatic carbocycles. The van der Waals surface area contributed by atoms with Gasteiger partial charge in [-0.1, -0.05) is 62.7 Å². The van der Waals surface area contributed by atoms with E-state index in [0.29, 0.717) is 5.56 Å². The number of anilines is 1. The molecule has 0 aliphatic heterocycles. The fourth-order valence-corrected chi connectivity index (χ4v) is 2.41. The van der Waals surface area contributed by atoms with E-state index in [0.717, 1.165) is 29.7 Å². The molecule has 2 rings (SSSR count). The Kier molecular flexibility index (Phi) is 5.96. The number of para-hydroxylation sites is 1. The van der Waals surface area contributed by atoms with Gasteiger partial charge in [-0.05, 0) is 36.6 Å². The highest BCUT2D eigenvalue weighted by Gasteiger charge is 2.10. The maximum atomic E-state index is 12.3. The van der Waals surface area contributed by atoms with E-state index < -0.39 is 0 Å². The van der Waals surface area contributed by atoms with Crippen LogP contribution >= 0.6 is 0 Å². The predicted molar refractivity (Wildman–Crippen MR) is 94.0 cm³/mol. The van der Waals surface area contributed by atoms with E-state index in [4.69, 9.17) is 0 Å². The summed E-state index contributed by atoms with van der Waals surface area (Å²) in [7, 11) is 0. The Balaban J connectivity index is 2.11. The highest BCUT2D eigenvalue weighted by Crippen LogP contribution is 2.27. The molecule has 0 aliphatic rings. The van der Waals surface area contributed by atoms with Crippen molar-refractivity contribution in [2.24, 2.45) is 0 Å². The number of allylic oxidation sites excluding steroid dienone is 1. The van der Waals surface area contributed by atoms with Crippen LogP contribution in [0.1, 0.15) is 48.5 Å². The number of carbonyl (C=O) groups excluding carboxylic acids is 1. The summed E-state index contributed by atoms with van der Waals surface area (Å²) in [6.45, 7) is 6.38. The number of nitrogens with one attached hydrogen (secondary N) is 1. The van der Waals surface area contributed by atoms with Crippen LogP contribution < -0.4 is 5.32 Å². The fourth-order valence-electron chi connectivity index (χ4n) is 2.41. The van der Waals surface area contributed by atoms with E-state index in [2.05, 4.69) is 18.8 Å². The second kappa shape index (κ2) is 8.18. The van der Waals surface area contributed by atoms with Crippen LogP contribution in [0, 0.1) is 0 Å². The van der Waals surface area contributed by atoms with Gasteiger partial charge in [0.25, 0.3) is 5.91 Å². The van der Waals surface area contributed by atoms with Gasteiger partial charge in [-0.2, -0.15) is 0 Å². The number of benzene rings is 2. The van der Waals surface area contributed by atoms with Crippen molar-refractivity contribution in [3.8, 4) is 0 Å².